The molecule has 2 fully saturated rings. The van der Waals surface area contributed by atoms with Gasteiger partial charge < -0.3 is 14.4 Å². The zero-order chi connectivity index (χ0) is 32.8. The van der Waals surface area contributed by atoms with Crippen LogP contribution in [0.4, 0.5) is 4.39 Å². The minimum absolute atomic E-state index is 0.0750. The predicted octanol–water partition coefficient (Wildman–Crippen LogP) is 4.94. The van der Waals surface area contributed by atoms with Crippen molar-refractivity contribution in [3.8, 4) is 34.0 Å². The van der Waals surface area contributed by atoms with Gasteiger partial charge in [-0.1, -0.05) is 72.2 Å². The normalized spacial score (nSPS) is 16.8. The van der Waals surface area contributed by atoms with Gasteiger partial charge in [-0.2, -0.15) is 4.98 Å². The zero-order valence-corrected chi connectivity index (χ0v) is 25.9. The summed E-state index contributed by atoms with van der Waals surface area (Å²) in [7, 11) is 0. The summed E-state index contributed by atoms with van der Waals surface area (Å²) in [6.07, 6.45) is 3.23. The molecule has 0 saturated carbocycles. The smallest absolute Gasteiger partial charge is 0.324 e. The lowest BCUT2D eigenvalue weighted by Crippen LogP contribution is -2.51. The highest BCUT2D eigenvalue weighted by atomic mass is 19.1. The lowest BCUT2D eigenvalue weighted by molar-refractivity contribution is -0.174. The van der Waals surface area contributed by atoms with Gasteiger partial charge in [0.1, 0.15) is 5.82 Å². The van der Waals surface area contributed by atoms with E-state index in [-0.39, 0.29) is 24.5 Å². The predicted molar refractivity (Wildman–Crippen MR) is 170 cm³/mol. The maximum absolute atomic E-state index is 14.9. The summed E-state index contributed by atoms with van der Waals surface area (Å²) in [6, 6.07) is 21.7. The van der Waals surface area contributed by atoms with Crippen LogP contribution in [-0.2, 0) is 25.7 Å². The van der Waals surface area contributed by atoms with Gasteiger partial charge in [0.05, 0.1) is 0 Å². The molecule has 0 aliphatic carbocycles. The van der Waals surface area contributed by atoms with Gasteiger partial charge in [-0.05, 0) is 48.9 Å². The second-order valence-corrected chi connectivity index (χ2v) is 12.0. The summed E-state index contributed by atoms with van der Waals surface area (Å²) < 4.78 is 25.5. The number of hydrogen-bond acceptors (Lipinski definition) is 9. The average molecular weight is 642 g/mol. The van der Waals surface area contributed by atoms with E-state index in [1.165, 1.54) is 6.07 Å². The molecule has 2 saturated heterocycles. The number of nitrogens with one attached hydrogen (secondary N) is 1. The van der Waals surface area contributed by atoms with Crippen molar-refractivity contribution in [3.05, 3.63) is 84.2 Å². The molecule has 4 aromatic rings. The van der Waals surface area contributed by atoms with E-state index in [0.29, 0.717) is 36.6 Å². The lowest BCUT2D eigenvalue weighted by Gasteiger charge is -2.37. The molecule has 12 heteroatoms. The van der Waals surface area contributed by atoms with E-state index >= 15 is 0 Å². The summed E-state index contributed by atoms with van der Waals surface area (Å²) in [5.41, 5.74) is 4.48. The number of carbonyl (C=O) groups excluding carboxylic acids is 2. The first kappa shape index (κ1) is 32.0. The van der Waals surface area contributed by atoms with Gasteiger partial charge in [0.25, 0.3) is 11.8 Å². The van der Waals surface area contributed by atoms with E-state index in [2.05, 4.69) is 20.5 Å². The summed E-state index contributed by atoms with van der Waals surface area (Å²) in [5, 5.41) is 15.9. The third-order valence-electron chi connectivity index (χ3n) is 8.83. The molecule has 1 aromatic heterocycles. The summed E-state index contributed by atoms with van der Waals surface area (Å²) >= 11 is 0. The van der Waals surface area contributed by atoms with Crippen molar-refractivity contribution in [3.63, 3.8) is 0 Å². The second kappa shape index (κ2) is 14.2. The van der Waals surface area contributed by atoms with Crippen LogP contribution in [0.2, 0.25) is 0 Å². The number of nitrogens with zero attached hydrogens (tertiary/aromatic N) is 4. The van der Waals surface area contributed by atoms with E-state index in [4.69, 9.17) is 9.26 Å². The Labute approximate surface area is 271 Å². The Bertz CT molecular complexity index is 1710. The largest absolute Gasteiger partial charge is 0.480 e. The van der Waals surface area contributed by atoms with Gasteiger partial charge in [-0.25, -0.2) is 9.40 Å². The number of benzene rings is 3. The van der Waals surface area contributed by atoms with Crippen LogP contribution in [0, 0.1) is 11.2 Å². The molecule has 11 nitrogen and oxygen atoms in total. The summed E-state index contributed by atoms with van der Waals surface area (Å²) in [4.78, 5) is 44.0. The molecule has 0 radical (unpaired) electrons. The van der Waals surface area contributed by atoms with Crippen LogP contribution in [0.3, 0.4) is 0 Å². The number of aliphatic carboxylic acids is 1. The monoisotopic (exact) mass is 641 g/mol. The van der Waals surface area contributed by atoms with Crippen molar-refractivity contribution in [1.82, 2.24) is 25.5 Å². The second-order valence-electron chi connectivity index (χ2n) is 12.0. The van der Waals surface area contributed by atoms with E-state index < -0.39 is 29.9 Å². The van der Waals surface area contributed by atoms with Gasteiger partial charge in [0.15, 0.2) is 12.0 Å². The average Bonchev–Trinajstić information content (AvgIpc) is 3.59. The third kappa shape index (κ3) is 7.39. The van der Waals surface area contributed by atoms with Crippen molar-refractivity contribution in [2.24, 2.45) is 5.41 Å². The van der Waals surface area contributed by atoms with E-state index in [0.717, 1.165) is 49.0 Å². The topological polar surface area (TPSA) is 138 Å². The summed E-state index contributed by atoms with van der Waals surface area (Å²) in [6.45, 7) is 2.26. The molecule has 0 unspecified atom stereocenters. The number of hydrazine groups is 1. The number of ether oxygens (including phenoxy) is 1. The Morgan fingerprint density at radius 3 is 2.28 bits per heavy atom. The molecule has 2 aliphatic heterocycles. The van der Waals surface area contributed by atoms with Crippen molar-refractivity contribution < 1.29 is 33.1 Å². The number of esters is 1. The Balaban J connectivity index is 1.02. The number of aromatic nitrogens is 2. The van der Waals surface area contributed by atoms with Crippen molar-refractivity contribution >= 4 is 17.8 Å². The highest BCUT2D eigenvalue weighted by Crippen LogP contribution is 2.34. The van der Waals surface area contributed by atoms with Gasteiger partial charge >= 0.3 is 11.9 Å². The number of carbonyl (C=O) groups is 3. The maximum atomic E-state index is 14.9. The van der Waals surface area contributed by atoms with E-state index in [9.17, 15) is 23.9 Å². The number of amides is 1. The van der Waals surface area contributed by atoms with Gasteiger partial charge in [-0.3, -0.25) is 24.7 Å². The van der Waals surface area contributed by atoms with E-state index in [1.807, 2.05) is 54.6 Å². The maximum Gasteiger partial charge on any atom is 0.324 e. The fraction of sp³-hybridized carbons (Fsp3) is 0.343. The van der Waals surface area contributed by atoms with Crippen LogP contribution in [-0.4, -0.2) is 75.8 Å². The van der Waals surface area contributed by atoms with Crippen molar-refractivity contribution in [2.75, 3.05) is 32.8 Å². The third-order valence-corrected chi connectivity index (χ3v) is 8.83. The first-order valence-electron chi connectivity index (χ1n) is 15.8. The molecule has 6 rings (SSSR count). The fourth-order valence-corrected chi connectivity index (χ4v) is 6.06. The van der Waals surface area contributed by atoms with Gasteiger partial charge in [-0.15, -0.1) is 0 Å². The number of likely N-dealkylation sites (tertiary alicyclic amines) is 1. The first-order valence-corrected chi connectivity index (χ1v) is 15.8. The minimum atomic E-state index is -1.69. The number of hydrogen-bond donors (Lipinski definition) is 2. The molecule has 1 amide bonds. The Hall–Kier alpha value is -4.94. The zero-order valence-electron chi connectivity index (χ0n) is 25.9. The Kier molecular flexibility index (Phi) is 9.69. The van der Waals surface area contributed by atoms with Crippen LogP contribution < -0.4 is 5.43 Å². The molecule has 3 aromatic carbocycles. The highest BCUT2D eigenvalue weighted by Gasteiger charge is 2.49. The molecule has 2 N–H and O–H groups in total. The fourth-order valence-electron chi connectivity index (χ4n) is 6.06. The van der Waals surface area contributed by atoms with E-state index in [1.54, 1.807) is 17.1 Å². The Morgan fingerprint density at radius 2 is 1.60 bits per heavy atom. The van der Waals surface area contributed by atoms with Gasteiger partial charge in [0.2, 0.25) is 5.82 Å². The number of halogens is 1. The van der Waals surface area contributed by atoms with Crippen molar-refractivity contribution in [1.29, 1.82) is 0 Å². The quantitative estimate of drug-likeness (QED) is 0.181. The molecule has 3 heterocycles. The van der Waals surface area contributed by atoms with Crippen LogP contribution in [0.5, 0.6) is 0 Å². The molecule has 244 valence electrons. The molecular weight excluding hydrogens is 605 g/mol. The molecule has 47 heavy (non-hydrogen) atoms. The van der Waals surface area contributed by atoms with Crippen LogP contribution >= 0.6 is 0 Å². The molecule has 0 bridgehead atoms. The first-order chi connectivity index (χ1) is 22.8. The van der Waals surface area contributed by atoms with Crippen LogP contribution in [0.1, 0.15) is 37.7 Å². The van der Waals surface area contributed by atoms with Crippen LogP contribution in [0.15, 0.2) is 77.3 Å². The lowest BCUT2D eigenvalue weighted by atomic mass is 9.78. The molecule has 0 spiro atoms. The molecule has 2 aliphatic rings. The van der Waals surface area contributed by atoms with Crippen molar-refractivity contribution in [2.45, 2.75) is 38.6 Å². The standard InChI is InChI=1S/C35H36FN5O6/c36-29-21-27(13-14-28(29)25-7-3-1-4-8-25)32-37-31(39-47-32)26-11-9-24(10-12-26)22-40-19-15-35(16-20-40,33(43)44)34(45)46-23-30(42)38-41-17-5-2-6-18-41/h1,3-4,7-14,21H,2,5-6,15-20,22-23H2,(H,38,42)(H,43,44). The van der Waals surface area contributed by atoms with Gasteiger partial charge in [0, 0.05) is 49.4 Å². The number of piperidine rings is 2. The molecular formula is C35H36FN5O6. The Morgan fingerprint density at radius 1 is 0.894 bits per heavy atom. The number of rotatable bonds is 10. The molecule has 0 atom stereocenters. The summed E-state index contributed by atoms with van der Waals surface area (Å²) in [5.74, 6) is -2.39. The minimum Gasteiger partial charge on any atom is -0.480 e. The number of carboxylic acid groups (broad SMARTS) is 1. The SMILES string of the molecule is O=C(COC(=O)C1(C(=O)O)CCN(Cc2ccc(-c3noc(-c4ccc(-c5ccccc5)c(F)c4)n3)cc2)CC1)NN1CCCCC1. The number of carboxylic acids is 1. The highest BCUT2D eigenvalue weighted by molar-refractivity contribution is 6.00. The van der Waals surface area contributed by atoms with Crippen LogP contribution in [0.25, 0.3) is 34.0 Å².